The monoisotopic (exact) mass is 361 g/mol. The van der Waals surface area contributed by atoms with E-state index < -0.39 is 43.6 Å². The van der Waals surface area contributed by atoms with Gasteiger partial charge < -0.3 is 19.3 Å². The number of azide groups is 1. The highest BCUT2D eigenvalue weighted by atomic mass is 31.2. The second-order valence-corrected chi connectivity index (χ2v) is 6.87. The van der Waals surface area contributed by atoms with E-state index in [0.29, 0.717) is 5.56 Å². The molecular weight excluding hydrogens is 345 g/mol. The molecule has 1 aromatic heterocycles. The van der Waals surface area contributed by atoms with E-state index in [2.05, 4.69) is 15.0 Å². The lowest BCUT2D eigenvalue weighted by Crippen LogP contribution is -2.33. The van der Waals surface area contributed by atoms with Crippen molar-refractivity contribution in [1.82, 2.24) is 9.55 Å². The zero-order valence-corrected chi connectivity index (χ0v) is 13.5. The van der Waals surface area contributed by atoms with Crippen molar-refractivity contribution in [2.24, 2.45) is 5.11 Å². The van der Waals surface area contributed by atoms with E-state index in [9.17, 15) is 14.2 Å². The first kappa shape index (κ1) is 18.4. The Kier molecular flexibility index (Phi) is 5.60. The Balaban J connectivity index is 2.16. The standard InChI is InChI=1S/C11H16N5O7P/c1-6-3-16(11(18)13-10(6)17)9-2-7(14-15-12)8(23-9)4-22-5-24(19,20)21/h3,7-9H,2,4-5H2,1H3,(H,13,17,18)(H2,19,20,21). The Bertz CT molecular complexity index is 808. The Morgan fingerprint density at radius 3 is 2.92 bits per heavy atom. The number of aryl methyl sites for hydroxylation is 1. The average molecular weight is 361 g/mol. The summed E-state index contributed by atoms with van der Waals surface area (Å²) >= 11 is 0. The van der Waals surface area contributed by atoms with E-state index in [4.69, 9.17) is 24.8 Å². The van der Waals surface area contributed by atoms with Gasteiger partial charge in [0.2, 0.25) is 0 Å². The molecule has 0 aromatic carbocycles. The van der Waals surface area contributed by atoms with Crippen LogP contribution in [0.25, 0.3) is 10.4 Å². The number of rotatable bonds is 6. The van der Waals surface area contributed by atoms with Crippen LogP contribution in [0.1, 0.15) is 18.2 Å². The molecule has 0 aliphatic carbocycles. The largest absolute Gasteiger partial charge is 0.366 e. The van der Waals surface area contributed by atoms with E-state index in [0.717, 1.165) is 0 Å². The van der Waals surface area contributed by atoms with Crippen molar-refractivity contribution in [1.29, 1.82) is 0 Å². The second-order valence-electron chi connectivity index (χ2n) is 5.28. The predicted octanol–water partition coefficient (Wildman–Crippen LogP) is -0.0368. The SMILES string of the molecule is Cc1cn(C2CC(N=[N+]=[N-])C(COCP(=O)(O)O)O2)c(=O)[nH]c1=O. The number of nitrogens with one attached hydrogen (secondary N) is 1. The number of nitrogens with zero attached hydrogens (tertiary/aromatic N) is 4. The first-order valence-electron chi connectivity index (χ1n) is 6.85. The zero-order chi connectivity index (χ0) is 17.9. The molecule has 2 heterocycles. The zero-order valence-electron chi connectivity index (χ0n) is 12.6. The Hall–Kier alpha value is -1.94. The molecule has 3 N–H and O–H groups in total. The second kappa shape index (κ2) is 7.31. The average Bonchev–Trinajstić information content (AvgIpc) is 2.85. The summed E-state index contributed by atoms with van der Waals surface area (Å²) in [4.78, 5) is 45.7. The van der Waals surface area contributed by atoms with Gasteiger partial charge in [0.25, 0.3) is 5.56 Å². The third-order valence-electron chi connectivity index (χ3n) is 3.40. The highest BCUT2D eigenvalue weighted by Gasteiger charge is 2.36. The van der Waals surface area contributed by atoms with Crippen LogP contribution >= 0.6 is 7.60 Å². The highest BCUT2D eigenvalue weighted by Crippen LogP contribution is 2.35. The third kappa shape index (κ3) is 4.54. The molecule has 1 aliphatic heterocycles. The highest BCUT2D eigenvalue weighted by molar-refractivity contribution is 7.51. The van der Waals surface area contributed by atoms with E-state index in [-0.39, 0.29) is 13.0 Å². The summed E-state index contributed by atoms with van der Waals surface area (Å²) in [6, 6.07) is -0.684. The van der Waals surface area contributed by atoms with Gasteiger partial charge in [0, 0.05) is 23.1 Å². The summed E-state index contributed by atoms with van der Waals surface area (Å²) in [5.41, 5.74) is 7.73. The van der Waals surface area contributed by atoms with Crippen LogP contribution in [0.3, 0.4) is 0 Å². The van der Waals surface area contributed by atoms with E-state index in [1.54, 1.807) is 0 Å². The van der Waals surface area contributed by atoms with Crippen molar-refractivity contribution >= 4 is 7.60 Å². The topological polar surface area (TPSA) is 180 Å². The fraction of sp³-hybridized carbons (Fsp3) is 0.636. The molecule has 1 aliphatic rings. The van der Waals surface area contributed by atoms with Crippen molar-refractivity contribution in [2.75, 3.05) is 13.0 Å². The van der Waals surface area contributed by atoms with E-state index in [1.165, 1.54) is 17.7 Å². The Morgan fingerprint density at radius 2 is 2.29 bits per heavy atom. The third-order valence-corrected chi connectivity index (χ3v) is 3.92. The summed E-state index contributed by atoms with van der Waals surface area (Å²) in [6.07, 6.45) is -0.890. The van der Waals surface area contributed by atoms with Gasteiger partial charge in [-0.25, -0.2) is 4.79 Å². The Labute approximate surface area is 134 Å². The van der Waals surface area contributed by atoms with Crippen LogP contribution in [-0.4, -0.2) is 44.4 Å². The molecule has 24 heavy (non-hydrogen) atoms. The molecule has 3 unspecified atom stereocenters. The molecule has 0 amide bonds. The van der Waals surface area contributed by atoms with Gasteiger partial charge in [-0.3, -0.25) is 18.9 Å². The molecule has 2 rings (SSSR count). The van der Waals surface area contributed by atoms with Crippen LogP contribution in [0.5, 0.6) is 0 Å². The minimum atomic E-state index is -4.33. The quantitative estimate of drug-likeness (QED) is 0.275. The number of aromatic nitrogens is 2. The summed E-state index contributed by atoms with van der Waals surface area (Å²) in [6.45, 7) is 1.30. The van der Waals surface area contributed by atoms with Gasteiger partial charge in [-0.1, -0.05) is 5.11 Å². The normalized spacial score (nSPS) is 23.9. The van der Waals surface area contributed by atoms with Crippen LogP contribution in [0.2, 0.25) is 0 Å². The van der Waals surface area contributed by atoms with Gasteiger partial charge in [0.05, 0.1) is 18.8 Å². The molecule has 1 fully saturated rings. The van der Waals surface area contributed by atoms with Crippen molar-refractivity contribution in [3.05, 3.63) is 43.0 Å². The fourth-order valence-electron chi connectivity index (χ4n) is 2.31. The van der Waals surface area contributed by atoms with Gasteiger partial charge in [0.15, 0.2) is 0 Å². The number of hydrogen-bond acceptors (Lipinski definition) is 6. The van der Waals surface area contributed by atoms with Gasteiger partial charge in [-0.05, 0) is 12.5 Å². The maximum Gasteiger partial charge on any atom is 0.350 e. The van der Waals surface area contributed by atoms with Gasteiger partial charge in [-0.2, -0.15) is 0 Å². The van der Waals surface area contributed by atoms with Crippen LogP contribution in [0.4, 0.5) is 0 Å². The molecule has 13 heteroatoms. The van der Waals surface area contributed by atoms with Crippen LogP contribution in [-0.2, 0) is 14.0 Å². The molecule has 0 spiro atoms. The first-order chi connectivity index (χ1) is 11.2. The fourth-order valence-corrected chi connectivity index (χ4v) is 2.65. The maximum absolute atomic E-state index is 11.9. The van der Waals surface area contributed by atoms with E-state index >= 15 is 0 Å². The van der Waals surface area contributed by atoms with Crippen LogP contribution in [0.15, 0.2) is 20.9 Å². The summed E-state index contributed by atoms with van der Waals surface area (Å²) < 4.78 is 22.4. The number of aromatic amines is 1. The molecule has 132 valence electrons. The Morgan fingerprint density at radius 1 is 1.58 bits per heavy atom. The summed E-state index contributed by atoms with van der Waals surface area (Å²) in [5.74, 6) is 0. The lowest BCUT2D eigenvalue weighted by Gasteiger charge is -2.17. The smallest absolute Gasteiger partial charge is 0.350 e. The molecule has 0 saturated carbocycles. The van der Waals surface area contributed by atoms with Crippen molar-refractivity contribution in [2.45, 2.75) is 31.7 Å². The van der Waals surface area contributed by atoms with Gasteiger partial charge in [-0.15, -0.1) is 0 Å². The minimum absolute atomic E-state index is 0.152. The van der Waals surface area contributed by atoms with Crippen LogP contribution in [0, 0.1) is 6.92 Å². The van der Waals surface area contributed by atoms with Gasteiger partial charge >= 0.3 is 13.3 Å². The van der Waals surface area contributed by atoms with Crippen molar-refractivity contribution in [3.8, 4) is 0 Å². The molecule has 12 nitrogen and oxygen atoms in total. The molecule has 3 atom stereocenters. The first-order valence-corrected chi connectivity index (χ1v) is 8.65. The molecule has 1 aromatic rings. The van der Waals surface area contributed by atoms with Crippen molar-refractivity contribution < 1.29 is 23.8 Å². The molecule has 1 saturated heterocycles. The minimum Gasteiger partial charge on any atom is -0.366 e. The van der Waals surface area contributed by atoms with E-state index in [1.807, 2.05) is 0 Å². The number of hydrogen-bond donors (Lipinski definition) is 3. The number of ether oxygens (including phenoxy) is 2. The summed E-state index contributed by atoms with van der Waals surface area (Å²) in [5, 5.41) is 3.56. The number of H-pyrrole nitrogens is 1. The molecular formula is C11H16N5O7P. The molecule has 0 radical (unpaired) electrons. The van der Waals surface area contributed by atoms with Crippen molar-refractivity contribution in [3.63, 3.8) is 0 Å². The van der Waals surface area contributed by atoms with Crippen LogP contribution < -0.4 is 11.2 Å². The molecule has 0 bridgehead atoms. The lowest BCUT2D eigenvalue weighted by atomic mass is 10.1. The predicted molar refractivity (Wildman–Crippen MR) is 80.4 cm³/mol. The summed E-state index contributed by atoms with van der Waals surface area (Å²) in [7, 11) is -4.33. The van der Waals surface area contributed by atoms with Gasteiger partial charge in [0.1, 0.15) is 12.6 Å². The maximum atomic E-state index is 11.9. The lowest BCUT2D eigenvalue weighted by molar-refractivity contribution is -0.0403.